The number of anilines is 3. The van der Waals surface area contributed by atoms with Gasteiger partial charge in [-0.1, -0.05) is 164 Å². The molecule has 0 aliphatic rings. The maximum absolute atomic E-state index is 6.61. The second kappa shape index (κ2) is 13.2. The zero-order valence-electron chi connectivity index (χ0n) is 30.6. The van der Waals surface area contributed by atoms with Crippen molar-refractivity contribution in [2.45, 2.75) is 0 Å². The number of furan rings is 1. The van der Waals surface area contributed by atoms with E-state index in [-0.39, 0.29) is 0 Å². The minimum Gasteiger partial charge on any atom is -0.456 e. The van der Waals surface area contributed by atoms with Crippen LogP contribution in [-0.2, 0) is 0 Å². The van der Waals surface area contributed by atoms with Gasteiger partial charge in [-0.05, 0) is 109 Å². The lowest BCUT2D eigenvalue weighted by Gasteiger charge is -2.29. The lowest BCUT2D eigenvalue weighted by atomic mass is 9.89. The summed E-state index contributed by atoms with van der Waals surface area (Å²) >= 11 is 0. The van der Waals surface area contributed by atoms with E-state index in [0.29, 0.717) is 0 Å². The maximum atomic E-state index is 6.61. The quantitative estimate of drug-likeness (QED) is 0.160. The molecule has 10 aromatic carbocycles. The Morgan fingerprint density at radius 2 is 0.893 bits per heavy atom. The van der Waals surface area contributed by atoms with Gasteiger partial charge in [-0.15, -0.1) is 0 Å². The molecule has 0 aliphatic heterocycles. The molecule has 2 nitrogen and oxygen atoms in total. The van der Waals surface area contributed by atoms with E-state index in [0.717, 1.165) is 44.6 Å². The van der Waals surface area contributed by atoms with Crippen LogP contribution in [0.1, 0.15) is 0 Å². The molecule has 0 atom stereocenters. The van der Waals surface area contributed by atoms with E-state index in [1.54, 1.807) is 0 Å². The molecule has 11 rings (SSSR count). The van der Waals surface area contributed by atoms with Crippen LogP contribution in [0.4, 0.5) is 17.1 Å². The molecule has 0 saturated carbocycles. The third-order valence-corrected chi connectivity index (χ3v) is 11.3. The third-order valence-electron chi connectivity index (χ3n) is 11.3. The summed E-state index contributed by atoms with van der Waals surface area (Å²) in [6.07, 6.45) is 0. The molecule has 0 bridgehead atoms. The van der Waals surface area contributed by atoms with Crippen molar-refractivity contribution >= 4 is 71.3 Å². The van der Waals surface area contributed by atoms with Gasteiger partial charge in [-0.2, -0.15) is 0 Å². The van der Waals surface area contributed by atoms with E-state index in [4.69, 9.17) is 4.42 Å². The Morgan fingerprint density at radius 3 is 1.66 bits per heavy atom. The highest BCUT2D eigenvalue weighted by atomic mass is 16.3. The maximum Gasteiger partial charge on any atom is 0.136 e. The van der Waals surface area contributed by atoms with E-state index < -0.39 is 0 Å². The van der Waals surface area contributed by atoms with Crippen molar-refractivity contribution < 1.29 is 4.42 Å². The summed E-state index contributed by atoms with van der Waals surface area (Å²) in [6, 6.07) is 76.5. The predicted octanol–water partition coefficient (Wildman–Crippen LogP) is 15.5. The van der Waals surface area contributed by atoms with Crippen molar-refractivity contribution in [3.63, 3.8) is 0 Å². The Bertz CT molecular complexity index is 3230. The first-order valence-electron chi connectivity index (χ1n) is 19.2. The highest BCUT2D eigenvalue weighted by Gasteiger charge is 2.24. The highest BCUT2D eigenvalue weighted by Crippen LogP contribution is 2.50. The third kappa shape index (κ3) is 5.26. The summed E-state index contributed by atoms with van der Waals surface area (Å²) in [5, 5.41) is 9.58. The average Bonchev–Trinajstić information content (AvgIpc) is 3.66. The Hall–Kier alpha value is -7.42. The van der Waals surface area contributed by atoms with E-state index in [1.165, 1.54) is 60.1 Å². The largest absolute Gasteiger partial charge is 0.456 e. The van der Waals surface area contributed by atoms with Crippen molar-refractivity contribution in [1.29, 1.82) is 0 Å². The fourth-order valence-corrected chi connectivity index (χ4v) is 8.65. The molecule has 1 heterocycles. The fraction of sp³-hybridized carbons (Fsp3) is 0. The van der Waals surface area contributed by atoms with Crippen LogP contribution in [0.15, 0.2) is 217 Å². The summed E-state index contributed by atoms with van der Waals surface area (Å²) in [5.74, 6) is 0. The molecule has 262 valence electrons. The first-order chi connectivity index (χ1) is 27.8. The van der Waals surface area contributed by atoms with E-state index in [9.17, 15) is 0 Å². The van der Waals surface area contributed by atoms with Crippen molar-refractivity contribution in [3.8, 4) is 33.4 Å². The summed E-state index contributed by atoms with van der Waals surface area (Å²) < 4.78 is 6.61. The molecule has 0 N–H and O–H groups in total. The molecule has 2 heteroatoms. The van der Waals surface area contributed by atoms with Gasteiger partial charge in [0.15, 0.2) is 0 Å². The molecule has 0 amide bonds. The molecular weight excluding hydrogens is 679 g/mol. The standard InChI is InChI=1S/C54H35NO/c1-2-13-36(14-3-1)37-25-29-41(30-26-37)55(42-31-27-39(28-32-42)44-23-12-17-38-15-4-6-18-43(38)44)50-33-34-52-54(48-22-10-11-24-51(48)56-52)53(50)49-35-40-16-5-7-19-45(40)46-20-8-9-21-47(46)49/h1-35H. The van der Waals surface area contributed by atoms with Crippen LogP contribution in [0, 0.1) is 0 Å². The Kier molecular flexibility index (Phi) is 7.53. The SMILES string of the molecule is c1ccc(-c2ccc(N(c3ccc(-c4cccc5ccccc45)cc3)c3ccc4oc5ccccc5c4c3-c3cc4ccccc4c4ccccc34)cc2)cc1. The molecule has 0 aliphatic carbocycles. The normalized spacial score (nSPS) is 11.6. The Balaban J connectivity index is 1.20. The number of hydrogen-bond donors (Lipinski definition) is 0. The van der Waals surface area contributed by atoms with Crippen LogP contribution in [0.25, 0.3) is 87.6 Å². The molecule has 0 fully saturated rings. The smallest absolute Gasteiger partial charge is 0.136 e. The lowest BCUT2D eigenvalue weighted by molar-refractivity contribution is 0.669. The molecule has 0 unspecified atom stereocenters. The zero-order chi connectivity index (χ0) is 37.0. The van der Waals surface area contributed by atoms with Gasteiger partial charge in [0.1, 0.15) is 11.2 Å². The number of para-hydroxylation sites is 1. The van der Waals surface area contributed by atoms with E-state index >= 15 is 0 Å². The summed E-state index contributed by atoms with van der Waals surface area (Å²) in [6.45, 7) is 0. The highest BCUT2D eigenvalue weighted by molar-refractivity contribution is 6.22. The molecule has 1 aromatic heterocycles. The molecule has 0 saturated heterocycles. The van der Waals surface area contributed by atoms with Gasteiger partial charge in [0.25, 0.3) is 0 Å². The van der Waals surface area contributed by atoms with Gasteiger partial charge in [-0.3, -0.25) is 0 Å². The fourth-order valence-electron chi connectivity index (χ4n) is 8.65. The van der Waals surface area contributed by atoms with E-state index in [1.807, 2.05) is 0 Å². The molecular formula is C54H35NO. The van der Waals surface area contributed by atoms with Crippen LogP contribution in [-0.4, -0.2) is 0 Å². The topological polar surface area (TPSA) is 16.4 Å². The summed E-state index contributed by atoms with van der Waals surface area (Å²) in [4.78, 5) is 2.42. The van der Waals surface area contributed by atoms with Gasteiger partial charge in [-0.25, -0.2) is 0 Å². The van der Waals surface area contributed by atoms with Crippen LogP contribution < -0.4 is 4.90 Å². The number of fused-ring (bicyclic) bond motifs is 7. The number of nitrogens with zero attached hydrogens (tertiary/aromatic N) is 1. The summed E-state index contributed by atoms with van der Waals surface area (Å²) in [7, 11) is 0. The second-order valence-electron chi connectivity index (χ2n) is 14.4. The van der Waals surface area contributed by atoms with Gasteiger partial charge >= 0.3 is 0 Å². The molecule has 0 radical (unpaired) electrons. The first-order valence-corrected chi connectivity index (χ1v) is 19.2. The lowest BCUT2D eigenvalue weighted by Crippen LogP contribution is -2.11. The predicted molar refractivity (Wildman–Crippen MR) is 237 cm³/mol. The number of hydrogen-bond acceptors (Lipinski definition) is 2. The zero-order valence-corrected chi connectivity index (χ0v) is 30.6. The number of rotatable bonds is 6. The molecule has 56 heavy (non-hydrogen) atoms. The Labute approximate surface area is 325 Å². The van der Waals surface area contributed by atoms with Crippen LogP contribution in [0.5, 0.6) is 0 Å². The van der Waals surface area contributed by atoms with Gasteiger partial charge in [0, 0.05) is 27.7 Å². The second-order valence-corrected chi connectivity index (χ2v) is 14.4. The van der Waals surface area contributed by atoms with Crippen LogP contribution in [0.3, 0.4) is 0 Å². The van der Waals surface area contributed by atoms with Crippen LogP contribution in [0.2, 0.25) is 0 Å². The monoisotopic (exact) mass is 713 g/mol. The van der Waals surface area contributed by atoms with E-state index in [2.05, 4.69) is 217 Å². The van der Waals surface area contributed by atoms with Crippen molar-refractivity contribution in [2.24, 2.45) is 0 Å². The molecule has 11 aromatic rings. The minimum atomic E-state index is 0.868. The Morgan fingerprint density at radius 1 is 0.321 bits per heavy atom. The van der Waals surface area contributed by atoms with Crippen molar-refractivity contribution in [3.05, 3.63) is 212 Å². The minimum absolute atomic E-state index is 0.868. The number of benzene rings is 10. The first kappa shape index (κ1) is 32.0. The van der Waals surface area contributed by atoms with Crippen molar-refractivity contribution in [1.82, 2.24) is 0 Å². The average molecular weight is 714 g/mol. The van der Waals surface area contributed by atoms with Crippen LogP contribution >= 0.6 is 0 Å². The van der Waals surface area contributed by atoms with Gasteiger partial charge < -0.3 is 9.32 Å². The van der Waals surface area contributed by atoms with Gasteiger partial charge in [0.2, 0.25) is 0 Å². The van der Waals surface area contributed by atoms with Gasteiger partial charge in [0.05, 0.1) is 5.69 Å². The van der Waals surface area contributed by atoms with Crippen molar-refractivity contribution in [2.75, 3.05) is 4.90 Å². The summed E-state index contributed by atoms with van der Waals surface area (Å²) in [5.41, 5.74) is 12.1. The molecule has 0 spiro atoms.